The number of nitrogens with zero attached hydrogens (tertiary/aromatic N) is 1. The zero-order chi connectivity index (χ0) is 17.4. The summed E-state index contributed by atoms with van der Waals surface area (Å²) in [6.45, 7) is 2.07. The fourth-order valence-electron chi connectivity index (χ4n) is 1.14. The Balaban J connectivity index is 5.21. The van der Waals surface area contributed by atoms with E-state index in [0.29, 0.717) is 0 Å². The van der Waals surface area contributed by atoms with Gasteiger partial charge in [-0.05, 0) is 0 Å². The van der Waals surface area contributed by atoms with Crippen LogP contribution in [-0.4, -0.2) is 54.0 Å². The molecule has 22 heavy (non-hydrogen) atoms. The predicted octanol–water partition coefficient (Wildman–Crippen LogP) is 0.695. The summed E-state index contributed by atoms with van der Waals surface area (Å²) in [7, 11) is -4.27. The van der Waals surface area contributed by atoms with Crippen molar-refractivity contribution >= 4 is 19.5 Å². The molecule has 0 aromatic rings. The Morgan fingerprint density at radius 3 is 1.95 bits per heavy atom. The van der Waals surface area contributed by atoms with Gasteiger partial charge in [-0.15, -0.1) is 0 Å². The second-order valence-electron chi connectivity index (χ2n) is 3.83. The Kier molecular flexibility index (Phi) is 8.56. The number of carboxylic acids is 1. The molecule has 0 spiro atoms. The lowest BCUT2D eigenvalue weighted by molar-refractivity contribution is -0.186. The number of hydrogen-bond acceptors (Lipinski definition) is 7. The Morgan fingerprint density at radius 2 is 1.64 bits per heavy atom. The molecule has 0 saturated heterocycles. The topological polar surface area (TPSA) is 117 Å². The van der Waals surface area contributed by atoms with Crippen molar-refractivity contribution in [2.75, 3.05) is 25.9 Å². The van der Waals surface area contributed by atoms with Crippen molar-refractivity contribution in [2.24, 2.45) is 0 Å². The summed E-state index contributed by atoms with van der Waals surface area (Å²) in [5, 5.41) is 8.58. The van der Waals surface area contributed by atoms with Crippen molar-refractivity contribution < 1.29 is 41.7 Å². The minimum atomic E-state index is -5.32. The van der Waals surface area contributed by atoms with Crippen LogP contribution in [0.2, 0.25) is 0 Å². The molecule has 3 N–H and O–H groups in total. The first-order valence-corrected chi connectivity index (χ1v) is 7.78. The lowest BCUT2D eigenvalue weighted by Crippen LogP contribution is -2.45. The average Bonchev–Trinajstić information content (AvgIpc) is 2.40. The molecule has 0 saturated carbocycles. The van der Waals surface area contributed by atoms with Crippen LogP contribution < -0.4 is 11.0 Å². The van der Waals surface area contributed by atoms with E-state index in [2.05, 4.69) is 20.2 Å². The normalized spacial score (nSPS) is 12.2. The molecule has 0 atom stereocenters. The van der Waals surface area contributed by atoms with Gasteiger partial charge in [-0.2, -0.15) is 24.1 Å². The number of hydroxylamine groups is 2. The minimum absolute atomic E-state index is 0.144. The van der Waals surface area contributed by atoms with Gasteiger partial charge in [-0.3, -0.25) is 14.2 Å². The third-order valence-electron chi connectivity index (χ3n) is 1.90. The van der Waals surface area contributed by atoms with E-state index < -0.39 is 38.5 Å². The van der Waals surface area contributed by atoms with Gasteiger partial charge in [0, 0.05) is 13.1 Å². The molecule has 0 aliphatic heterocycles. The number of rotatable bonds is 10. The van der Waals surface area contributed by atoms with Crippen molar-refractivity contribution in [1.82, 2.24) is 15.9 Å². The number of hydrogen-bond donors (Lipinski definition) is 3. The molecule has 0 bridgehead atoms. The first-order chi connectivity index (χ1) is 10.1. The van der Waals surface area contributed by atoms with E-state index >= 15 is 0 Å². The fourth-order valence-corrected chi connectivity index (χ4v) is 2.59. The third-order valence-corrected chi connectivity index (χ3v) is 3.40. The van der Waals surface area contributed by atoms with Gasteiger partial charge in [-0.1, -0.05) is 13.8 Å². The van der Waals surface area contributed by atoms with Gasteiger partial charge >= 0.3 is 25.6 Å². The molecule has 0 unspecified atom stereocenters. The van der Waals surface area contributed by atoms with Crippen LogP contribution in [0.25, 0.3) is 0 Å². The maximum Gasteiger partial charge on any atom is 0.471 e. The molecule has 9 nitrogen and oxygen atoms in total. The third kappa shape index (κ3) is 7.71. The Hall–Kier alpha value is -1.20. The lowest BCUT2D eigenvalue weighted by Gasteiger charge is -2.26. The van der Waals surface area contributed by atoms with Crippen LogP contribution in [0.15, 0.2) is 0 Å². The number of carboxylic acid groups (broad SMARTS) is 1. The zero-order valence-corrected chi connectivity index (χ0v) is 12.7. The molecule has 0 aromatic carbocycles. The second kappa shape index (κ2) is 9.06. The first-order valence-electron chi connectivity index (χ1n) is 6.05. The molecule has 0 aromatic heterocycles. The predicted molar refractivity (Wildman–Crippen MR) is 67.4 cm³/mol. The monoisotopic (exact) mass is 351 g/mol. The Labute approximate surface area is 124 Å². The number of aliphatic carboxylic acids is 1. The summed E-state index contributed by atoms with van der Waals surface area (Å²) < 4.78 is 58.8. The van der Waals surface area contributed by atoms with E-state index in [1.165, 1.54) is 0 Å². The van der Waals surface area contributed by atoms with Gasteiger partial charge in [0.1, 0.15) is 12.8 Å². The van der Waals surface area contributed by atoms with Gasteiger partial charge in [0.25, 0.3) is 0 Å². The maximum atomic E-state index is 12.4. The van der Waals surface area contributed by atoms with Gasteiger partial charge in [0.15, 0.2) is 0 Å². The number of nitrogens with one attached hydrogen (secondary N) is 2. The molecule has 0 aliphatic carbocycles. The van der Waals surface area contributed by atoms with Crippen LogP contribution in [0.1, 0.15) is 13.8 Å². The summed E-state index contributed by atoms with van der Waals surface area (Å²) in [5.41, 5.74) is 4.28. The summed E-state index contributed by atoms with van der Waals surface area (Å²) >= 11 is 0. The Morgan fingerprint density at radius 1 is 1.18 bits per heavy atom. The highest BCUT2D eigenvalue weighted by Crippen LogP contribution is 2.47. The zero-order valence-electron chi connectivity index (χ0n) is 11.8. The van der Waals surface area contributed by atoms with Crippen LogP contribution in [-0.2, 0) is 23.4 Å². The van der Waals surface area contributed by atoms with E-state index in [1.54, 1.807) is 13.8 Å². The van der Waals surface area contributed by atoms with Gasteiger partial charge in [-0.25, -0.2) is 9.25 Å². The summed E-state index contributed by atoms with van der Waals surface area (Å²) in [4.78, 5) is 21.6. The van der Waals surface area contributed by atoms with Crippen LogP contribution in [0.4, 0.5) is 13.2 Å². The summed E-state index contributed by atoms with van der Waals surface area (Å²) in [5.74, 6) is -4.17. The number of carbonyl (C=O) groups is 2. The molecule has 0 heterocycles. The van der Waals surface area contributed by atoms with Crippen molar-refractivity contribution in [2.45, 2.75) is 20.0 Å². The highest BCUT2D eigenvalue weighted by molar-refractivity contribution is 7.53. The highest BCUT2D eigenvalue weighted by Gasteiger charge is 2.45. The molecule has 0 fully saturated rings. The fraction of sp³-hybridized carbons (Fsp3) is 0.778. The lowest BCUT2D eigenvalue weighted by atomic mass is 10.5. The molecule has 0 rings (SSSR count). The van der Waals surface area contributed by atoms with Crippen molar-refractivity contribution in [3.63, 3.8) is 0 Å². The number of halogens is 3. The van der Waals surface area contributed by atoms with Crippen LogP contribution in [0.3, 0.4) is 0 Å². The summed E-state index contributed by atoms with van der Waals surface area (Å²) in [6, 6.07) is 0. The standard InChI is InChI=1S/C9H17F3N3O6P/c1-3-13-20-22(19,21-14-4-2)6-15(5-7(16)17)8(18)9(10,11)12/h13-14H,3-6H2,1-2H3,(H,16,17). The molecule has 13 heteroatoms. The van der Waals surface area contributed by atoms with E-state index in [0.717, 1.165) is 0 Å². The molecule has 130 valence electrons. The largest absolute Gasteiger partial charge is 0.480 e. The number of amides is 1. The Bertz CT molecular complexity index is 421. The summed E-state index contributed by atoms with van der Waals surface area (Å²) in [6.07, 6.45) is -6.52. The molecular formula is C9H17F3N3O6P. The maximum absolute atomic E-state index is 12.4. The van der Waals surface area contributed by atoms with Crippen molar-refractivity contribution in [3.05, 3.63) is 0 Å². The van der Waals surface area contributed by atoms with Crippen molar-refractivity contribution in [3.8, 4) is 0 Å². The molecular weight excluding hydrogens is 334 g/mol. The smallest absolute Gasteiger partial charge is 0.471 e. The van der Waals surface area contributed by atoms with E-state index in [1.807, 2.05) is 0 Å². The second-order valence-corrected chi connectivity index (χ2v) is 5.70. The molecule has 1 amide bonds. The minimum Gasteiger partial charge on any atom is -0.480 e. The van der Waals surface area contributed by atoms with Gasteiger partial charge < -0.3 is 10.0 Å². The van der Waals surface area contributed by atoms with Crippen LogP contribution in [0.5, 0.6) is 0 Å². The van der Waals surface area contributed by atoms with E-state index in [-0.39, 0.29) is 18.0 Å². The quantitative estimate of drug-likeness (QED) is 0.389. The van der Waals surface area contributed by atoms with E-state index in [4.69, 9.17) is 5.11 Å². The van der Waals surface area contributed by atoms with Gasteiger partial charge in [0.2, 0.25) is 0 Å². The highest BCUT2D eigenvalue weighted by atomic mass is 31.2. The van der Waals surface area contributed by atoms with Gasteiger partial charge in [0.05, 0.1) is 0 Å². The molecule has 0 aliphatic rings. The van der Waals surface area contributed by atoms with E-state index in [9.17, 15) is 27.3 Å². The van der Waals surface area contributed by atoms with Crippen molar-refractivity contribution in [1.29, 1.82) is 0 Å². The average molecular weight is 351 g/mol. The number of alkyl halides is 3. The van der Waals surface area contributed by atoms with Crippen LogP contribution in [0, 0.1) is 0 Å². The first kappa shape index (κ1) is 20.8. The SMILES string of the molecule is CCNOP(=O)(CN(CC(=O)O)C(=O)C(F)(F)F)ONCC. The van der Waals surface area contributed by atoms with Crippen LogP contribution >= 0.6 is 7.60 Å². The number of carbonyl (C=O) groups excluding carboxylic acids is 1. The molecule has 0 radical (unpaired) electrons.